The van der Waals surface area contributed by atoms with Gasteiger partial charge in [0.15, 0.2) is 0 Å². The molecule has 3 rings (SSSR count). The first-order valence-corrected chi connectivity index (χ1v) is 5.85. The van der Waals surface area contributed by atoms with Crippen LogP contribution < -0.4 is 16.0 Å². The fourth-order valence-corrected chi connectivity index (χ4v) is 2.14. The van der Waals surface area contributed by atoms with Crippen molar-refractivity contribution in [2.24, 2.45) is 0 Å². The van der Waals surface area contributed by atoms with Gasteiger partial charge in [0.2, 0.25) is 5.95 Å². The van der Waals surface area contributed by atoms with Crippen LogP contribution in [0.5, 0.6) is 5.75 Å². The van der Waals surface area contributed by atoms with Crippen molar-refractivity contribution in [2.75, 3.05) is 12.3 Å². The van der Waals surface area contributed by atoms with Gasteiger partial charge in [-0.05, 0) is 36.6 Å². The molecule has 92 valence electrons. The molecule has 0 amide bonds. The molecule has 0 atom stereocenters. The van der Waals surface area contributed by atoms with E-state index < -0.39 is 0 Å². The quantitative estimate of drug-likeness (QED) is 0.792. The smallest absolute Gasteiger partial charge is 0.252 e. The van der Waals surface area contributed by atoms with Crippen LogP contribution in [-0.2, 0) is 6.42 Å². The van der Waals surface area contributed by atoms with Crippen molar-refractivity contribution in [1.29, 1.82) is 0 Å². The van der Waals surface area contributed by atoms with Gasteiger partial charge in [-0.25, -0.2) is 4.98 Å². The second kappa shape index (κ2) is 4.18. The number of hydrogen-bond donors (Lipinski definition) is 2. The number of ether oxygens (including phenoxy) is 1. The molecule has 1 aliphatic heterocycles. The van der Waals surface area contributed by atoms with E-state index in [0.29, 0.717) is 5.69 Å². The minimum absolute atomic E-state index is 0.131. The zero-order valence-electron chi connectivity index (χ0n) is 9.77. The number of rotatable bonds is 1. The van der Waals surface area contributed by atoms with Crippen molar-refractivity contribution in [3.8, 4) is 17.0 Å². The van der Waals surface area contributed by atoms with E-state index in [1.165, 1.54) is 6.07 Å². The first-order valence-electron chi connectivity index (χ1n) is 5.85. The molecule has 0 unspecified atom stereocenters. The predicted octanol–water partition coefficient (Wildman–Crippen LogP) is 1.34. The van der Waals surface area contributed by atoms with Gasteiger partial charge >= 0.3 is 0 Å². The molecule has 1 aromatic heterocycles. The summed E-state index contributed by atoms with van der Waals surface area (Å²) in [5.41, 5.74) is 7.93. The van der Waals surface area contributed by atoms with Crippen LogP contribution in [0.25, 0.3) is 11.3 Å². The second-order valence-corrected chi connectivity index (χ2v) is 4.29. The van der Waals surface area contributed by atoms with Crippen LogP contribution in [0.2, 0.25) is 0 Å². The number of nitrogens with zero attached hydrogens (tertiary/aromatic N) is 1. The highest BCUT2D eigenvalue weighted by molar-refractivity contribution is 5.62. The average molecular weight is 243 g/mol. The number of nitrogens with one attached hydrogen (secondary N) is 1. The summed E-state index contributed by atoms with van der Waals surface area (Å²) in [5.74, 6) is 1.05. The van der Waals surface area contributed by atoms with Crippen molar-refractivity contribution in [3.05, 3.63) is 40.2 Å². The lowest BCUT2D eigenvalue weighted by Gasteiger charge is -2.17. The highest BCUT2D eigenvalue weighted by Crippen LogP contribution is 2.29. The molecule has 0 spiro atoms. The Labute approximate surface area is 104 Å². The molecule has 0 saturated carbocycles. The van der Waals surface area contributed by atoms with Gasteiger partial charge in [0, 0.05) is 11.6 Å². The maximum absolute atomic E-state index is 11.4. The van der Waals surface area contributed by atoms with Crippen LogP contribution in [-0.4, -0.2) is 16.6 Å². The first kappa shape index (κ1) is 10.8. The number of aryl methyl sites for hydroxylation is 1. The Morgan fingerprint density at radius 1 is 1.33 bits per heavy atom. The highest BCUT2D eigenvalue weighted by Gasteiger charge is 2.12. The summed E-state index contributed by atoms with van der Waals surface area (Å²) in [6.07, 6.45) is 2.00. The lowest BCUT2D eigenvalue weighted by atomic mass is 10.0. The number of aromatic nitrogens is 2. The van der Waals surface area contributed by atoms with E-state index in [2.05, 4.69) is 9.97 Å². The number of hydrogen-bond acceptors (Lipinski definition) is 4. The molecule has 18 heavy (non-hydrogen) atoms. The van der Waals surface area contributed by atoms with Crippen molar-refractivity contribution in [3.63, 3.8) is 0 Å². The lowest BCUT2D eigenvalue weighted by molar-refractivity contribution is 0.288. The van der Waals surface area contributed by atoms with Crippen LogP contribution in [0.4, 0.5) is 5.95 Å². The molecule has 0 aliphatic carbocycles. The number of anilines is 1. The molecule has 1 aromatic carbocycles. The number of fused-ring (bicyclic) bond motifs is 1. The normalized spacial score (nSPS) is 13.8. The summed E-state index contributed by atoms with van der Waals surface area (Å²) < 4.78 is 5.55. The zero-order valence-corrected chi connectivity index (χ0v) is 9.77. The summed E-state index contributed by atoms with van der Waals surface area (Å²) in [5, 5.41) is 0. The van der Waals surface area contributed by atoms with Gasteiger partial charge in [-0.15, -0.1) is 0 Å². The first-order chi connectivity index (χ1) is 8.72. The van der Waals surface area contributed by atoms with E-state index in [0.717, 1.165) is 36.3 Å². The Kier molecular flexibility index (Phi) is 2.51. The second-order valence-electron chi connectivity index (χ2n) is 4.29. The summed E-state index contributed by atoms with van der Waals surface area (Å²) in [4.78, 5) is 17.9. The van der Waals surface area contributed by atoms with Crippen LogP contribution in [0.1, 0.15) is 12.0 Å². The molecule has 2 heterocycles. The van der Waals surface area contributed by atoms with Crippen molar-refractivity contribution in [2.45, 2.75) is 12.8 Å². The monoisotopic (exact) mass is 243 g/mol. The Bertz CT molecular complexity index is 649. The van der Waals surface area contributed by atoms with Crippen LogP contribution >= 0.6 is 0 Å². The predicted molar refractivity (Wildman–Crippen MR) is 68.5 cm³/mol. The number of benzene rings is 1. The van der Waals surface area contributed by atoms with Gasteiger partial charge in [0.25, 0.3) is 5.56 Å². The summed E-state index contributed by atoms with van der Waals surface area (Å²) in [6, 6.07) is 7.27. The molecule has 1 aliphatic rings. The molecule has 3 N–H and O–H groups in total. The molecular weight excluding hydrogens is 230 g/mol. The molecule has 0 bridgehead atoms. The van der Waals surface area contributed by atoms with E-state index in [9.17, 15) is 4.79 Å². The van der Waals surface area contributed by atoms with Gasteiger partial charge in [-0.3, -0.25) is 9.78 Å². The maximum atomic E-state index is 11.4. The van der Waals surface area contributed by atoms with E-state index >= 15 is 0 Å². The fraction of sp³-hybridized carbons (Fsp3) is 0.231. The molecule has 5 heteroatoms. The molecule has 5 nitrogen and oxygen atoms in total. The standard InChI is InChI=1S/C13H13N3O2/c14-13-15-10(7-12(17)16-13)8-3-4-11-9(6-8)2-1-5-18-11/h3-4,6-7H,1-2,5H2,(H3,14,15,16,17). The SMILES string of the molecule is Nc1nc(-c2ccc3c(c2)CCCO3)cc(=O)[nH]1. The van der Waals surface area contributed by atoms with E-state index in [1.807, 2.05) is 18.2 Å². The van der Waals surface area contributed by atoms with E-state index in [4.69, 9.17) is 10.5 Å². The topological polar surface area (TPSA) is 81.0 Å². The van der Waals surface area contributed by atoms with E-state index in [1.54, 1.807) is 0 Å². The molecule has 0 radical (unpaired) electrons. The maximum Gasteiger partial charge on any atom is 0.252 e. The van der Waals surface area contributed by atoms with Crippen molar-refractivity contribution < 1.29 is 4.74 Å². The Hall–Kier alpha value is -2.30. The van der Waals surface area contributed by atoms with Crippen molar-refractivity contribution in [1.82, 2.24) is 9.97 Å². The number of aromatic amines is 1. The zero-order chi connectivity index (χ0) is 12.5. The van der Waals surface area contributed by atoms with Gasteiger partial charge in [0.05, 0.1) is 12.3 Å². The van der Waals surface area contributed by atoms with E-state index in [-0.39, 0.29) is 11.5 Å². The summed E-state index contributed by atoms with van der Waals surface area (Å²) >= 11 is 0. The lowest BCUT2D eigenvalue weighted by Crippen LogP contribution is -2.11. The molecular formula is C13H13N3O2. The largest absolute Gasteiger partial charge is 0.493 e. The third kappa shape index (κ3) is 1.95. The van der Waals surface area contributed by atoms with Crippen LogP contribution in [0.3, 0.4) is 0 Å². The Morgan fingerprint density at radius 2 is 2.22 bits per heavy atom. The summed E-state index contributed by atoms with van der Waals surface area (Å²) in [6.45, 7) is 0.766. The van der Waals surface area contributed by atoms with Crippen LogP contribution in [0.15, 0.2) is 29.1 Å². The third-order valence-corrected chi connectivity index (χ3v) is 2.96. The Morgan fingerprint density at radius 3 is 3.06 bits per heavy atom. The molecule has 2 aromatic rings. The minimum Gasteiger partial charge on any atom is -0.493 e. The number of H-pyrrole nitrogens is 1. The molecule has 0 saturated heterocycles. The van der Waals surface area contributed by atoms with Gasteiger partial charge in [0.1, 0.15) is 5.75 Å². The Balaban J connectivity index is 2.08. The third-order valence-electron chi connectivity index (χ3n) is 2.96. The number of nitrogens with two attached hydrogens (primary N) is 1. The van der Waals surface area contributed by atoms with Gasteiger partial charge in [-0.2, -0.15) is 0 Å². The van der Waals surface area contributed by atoms with Crippen LogP contribution in [0, 0.1) is 0 Å². The number of nitrogen functional groups attached to an aromatic ring is 1. The summed E-state index contributed by atoms with van der Waals surface area (Å²) in [7, 11) is 0. The van der Waals surface area contributed by atoms with Gasteiger partial charge in [-0.1, -0.05) is 0 Å². The minimum atomic E-state index is -0.244. The van der Waals surface area contributed by atoms with Gasteiger partial charge < -0.3 is 10.5 Å². The average Bonchev–Trinajstić information content (AvgIpc) is 2.37. The molecule has 0 fully saturated rings. The van der Waals surface area contributed by atoms with Crippen molar-refractivity contribution >= 4 is 5.95 Å². The fourth-order valence-electron chi connectivity index (χ4n) is 2.14. The highest BCUT2D eigenvalue weighted by atomic mass is 16.5.